The molecule has 3 heterocycles. The Bertz CT molecular complexity index is 4300. The number of nitrogens with zero attached hydrogens (tertiary/aromatic N) is 1. The average Bonchev–Trinajstić information content (AvgIpc) is 1.74. The second kappa shape index (κ2) is 27.9. The zero-order valence-electron chi connectivity index (χ0n) is 70.6. The lowest BCUT2D eigenvalue weighted by Gasteiger charge is -2.31. The zero-order valence-corrected chi connectivity index (χ0v) is 73.6. The molecule has 3 unspecified atom stereocenters. The molecule has 6 aromatic carbocycles. The lowest BCUT2D eigenvalue weighted by molar-refractivity contribution is 0.153. The molecule has 3 aromatic heterocycles. The molecule has 0 saturated heterocycles. The van der Waals surface area contributed by atoms with E-state index in [0.29, 0.717) is 39.5 Å². The van der Waals surface area contributed by atoms with Crippen LogP contribution in [0.3, 0.4) is 0 Å². The highest BCUT2D eigenvalue weighted by molar-refractivity contribution is 7.16. The van der Waals surface area contributed by atoms with Crippen molar-refractivity contribution in [3.05, 3.63) is 121 Å². The van der Waals surface area contributed by atoms with Gasteiger partial charge in [0.05, 0.1) is 16.2 Å². The van der Waals surface area contributed by atoms with Gasteiger partial charge >= 0.3 is 0 Å². The molecule has 0 aliphatic carbocycles. The Morgan fingerprint density at radius 1 is 0.233 bits per heavy atom. The molecule has 10 nitrogen and oxygen atoms in total. The van der Waals surface area contributed by atoms with Crippen LogP contribution in [0, 0.1) is 0 Å². The van der Waals surface area contributed by atoms with E-state index in [1.165, 1.54) is 16.7 Å². The monoisotopic (exact) mass is 1460 g/mol. The molecule has 0 radical (unpaired) electrons. The second-order valence-corrected chi connectivity index (χ2v) is 43.7. The average molecular weight is 1460 g/mol. The van der Waals surface area contributed by atoms with Crippen molar-refractivity contribution in [3.8, 4) is 17.2 Å². The SMILES string of the molecule is CC(C)(C)c1cc(C(C)(C)C)c2o[pH]oc3c(C(C)(C)C)cc(C(C)(C)C)c(OCCN(CCOc4c(C(C)(C)C)cc(C(C)(C)C)c5o[pH]oc6c(C(C)(C)C)cc(C(C)(C)C)cc6c45)CCOc4c(C(C)(C)C)cc(C(C)(C)C)c5o[pH]oc6c(C(C)(C)C)cc(C(C)(C)C)cc6c45)c3c2c1. The van der Waals surface area contributed by atoms with E-state index in [9.17, 15) is 0 Å². The molecule has 103 heavy (non-hydrogen) atoms. The van der Waals surface area contributed by atoms with Crippen molar-refractivity contribution in [2.75, 3.05) is 39.5 Å². The third kappa shape index (κ3) is 17.4. The van der Waals surface area contributed by atoms with Crippen molar-refractivity contribution in [3.63, 3.8) is 0 Å². The maximum Gasteiger partial charge on any atom is 0.201 e. The number of benzene rings is 6. The third-order valence-electron chi connectivity index (χ3n) is 20.5. The van der Waals surface area contributed by atoms with E-state index in [4.69, 9.17) is 39.4 Å². The molecule has 0 aliphatic rings. The van der Waals surface area contributed by atoms with Gasteiger partial charge in [-0.05, 0) is 118 Å². The molecule has 0 bridgehead atoms. The molecule has 0 saturated carbocycles. The van der Waals surface area contributed by atoms with Gasteiger partial charge in [0.1, 0.15) is 70.6 Å². The van der Waals surface area contributed by atoms with Crippen molar-refractivity contribution >= 4 is 91.8 Å². The first-order chi connectivity index (χ1) is 46.7. The molecule has 9 aromatic rings. The number of hydrogen-bond donors (Lipinski definition) is 0. The summed E-state index contributed by atoms with van der Waals surface area (Å²) in [7, 11) is -0.759. The van der Waals surface area contributed by atoms with Crippen LogP contribution in [0.25, 0.3) is 65.8 Å². The van der Waals surface area contributed by atoms with Crippen molar-refractivity contribution in [1.29, 1.82) is 0 Å². The van der Waals surface area contributed by atoms with Gasteiger partial charge in [-0.15, -0.1) is 0 Å². The van der Waals surface area contributed by atoms with Gasteiger partial charge in [-0.2, -0.15) is 0 Å². The number of fused-ring (bicyclic) bond motifs is 9. The molecule has 0 fully saturated rings. The van der Waals surface area contributed by atoms with Crippen LogP contribution in [0.2, 0.25) is 0 Å². The molecule has 0 aliphatic heterocycles. The Morgan fingerprint density at radius 3 is 0.602 bits per heavy atom. The summed E-state index contributed by atoms with van der Waals surface area (Å²) < 4.78 is 64.7. The quantitative estimate of drug-likeness (QED) is 0.117. The highest BCUT2D eigenvalue weighted by Crippen LogP contribution is 2.53. The number of rotatable bonds is 12. The Morgan fingerprint density at radius 2 is 0.417 bits per heavy atom. The number of ether oxygens (including phenoxy) is 3. The van der Waals surface area contributed by atoms with Crippen LogP contribution in [-0.4, -0.2) is 44.4 Å². The van der Waals surface area contributed by atoms with Crippen molar-refractivity contribution < 1.29 is 39.4 Å². The summed E-state index contributed by atoms with van der Waals surface area (Å²) in [6.45, 7) is 85.0. The Kier molecular flexibility index (Phi) is 22.0. The van der Waals surface area contributed by atoms with Gasteiger partial charge in [0.2, 0.25) is 26.0 Å². The molecular weight excluding hydrogens is 1330 g/mol. The van der Waals surface area contributed by atoms with Crippen LogP contribution in [-0.2, 0) is 65.0 Å². The summed E-state index contributed by atoms with van der Waals surface area (Å²) >= 11 is 0. The smallest absolute Gasteiger partial charge is 0.201 e. The van der Waals surface area contributed by atoms with E-state index in [0.717, 1.165) is 133 Å². The van der Waals surface area contributed by atoms with Crippen LogP contribution in [0.4, 0.5) is 0 Å². The maximum absolute atomic E-state index is 7.66. The van der Waals surface area contributed by atoms with E-state index >= 15 is 0 Å². The van der Waals surface area contributed by atoms with Gasteiger partial charge in [0, 0.05) is 85.9 Å². The van der Waals surface area contributed by atoms with E-state index in [-0.39, 0.29) is 91.0 Å². The second-order valence-electron chi connectivity index (χ2n) is 42.0. The minimum absolute atomic E-state index is 0.170. The van der Waals surface area contributed by atoms with Gasteiger partial charge in [-0.3, -0.25) is 4.90 Å². The Balaban J connectivity index is 1.29. The number of hydrogen-bond acceptors (Lipinski definition) is 10. The van der Waals surface area contributed by atoms with Crippen molar-refractivity contribution in [1.82, 2.24) is 4.90 Å². The Hall–Kier alpha value is -5.62. The first-order valence-electron chi connectivity index (χ1n) is 37.8. The summed E-state index contributed by atoms with van der Waals surface area (Å²) in [5.41, 5.74) is 15.7. The van der Waals surface area contributed by atoms with Crippen molar-refractivity contribution in [2.24, 2.45) is 0 Å². The summed E-state index contributed by atoms with van der Waals surface area (Å²) in [4.78, 5) is 2.47. The van der Waals surface area contributed by atoms with Gasteiger partial charge in [-0.25, -0.2) is 0 Å². The standard InChI is InChI=1S/C90H132NO9P3/c1-79(2,3)52-43-55-67-73(61(85(19,20)21)49-64(88(28,29)30)76(67)98-101-95-70(55)58(46-52)82(10,11)12)92-40-37-91(38-41-93-74-62(86(22,23)24)50-65(89(31,32)33)77-68(74)56-44-53(80(4,5)6)47-59(83(13,14)15)71(56)96-102-99-77)39-42-94-75-63(87(25,26)27)51-66(90(34,35)36)78-69(75)57-45-54(81(7,8)9)48-60(84(16,17)18)72(57)97-103-100-78/h43-51,101-103H,37-42H2,1-36H3. The maximum atomic E-state index is 7.66. The van der Waals surface area contributed by atoms with E-state index in [1.807, 2.05) is 0 Å². The van der Waals surface area contributed by atoms with E-state index in [1.54, 1.807) is 0 Å². The molecule has 566 valence electrons. The molecular formula is C90H132NO9P3. The highest BCUT2D eigenvalue weighted by Gasteiger charge is 2.37. The first kappa shape index (κ1) is 81.5. The topological polar surface area (TPSA) is 110 Å². The molecule has 9 rings (SSSR count). The summed E-state index contributed by atoms with van der Waals surface area (Å²) in [6.07, 6.45) is 0. The lowest BCUT2D eigenvalue weighted by atomic mass is 9.77. The van der Waals surface area contributed by atoms with Crippen LogP contribution in [0.1, 0.15) is 316 Å². The van der Waals surface area contributed by atoms with Crippen molar-refractivity contribution in [2.45, 2.75) is 314 Å². The fourth-order valence-electron chi connectivity index (χ4n) is 14.0. The minimum Gasteiger partial charge on any atom is -0.491 e. The predicted molar refractivity (Wildman–Crippen MR) is 447 cm³/mol. The Labute approximate surface area is 624 Å². The first-order valence-corrected chi connectivity index (χ1v) is 40.3. The van der Waals surface area contributed by atoms with Crippen LogP contribution in [0.5, 0.6) is 17.2 Å². The molecule has 3 atom stereocenters. The lowest BCUT2D eigenvalue weighted by Crippen LogP contribution is -2.36. The minimum atomic E-state index is -0.337. The van der Waals surface area contributed by atoms with E-state index < -0.39 is 0 Å². The fourth-order valence-corrected chi connectivity index (χ4v) is 15.9. The highest BCUT2D eigenvalue weighted by atomic mass is 31.1. The van der Waals surface area contributed by atoms with Crippen LogP contribution >= 0.6 is 26.0 Å². The summed E-state index contributed by atoms with van der Waals surface area (Å²) in [5.74, 6) is 2.44. The molecule has 0 amide bonds. The normalized spacial score (nSPS) is 14.2. The summed E-state index contributed by atoms with van der Waals surface area (Å²) in [6, 6.07) is 21.2. The zero-order chi connectivity index (χ0) is 77.3. The third-order valence-corrected chi connectivity index (χ3v) is 22.2. The molecule has 0 spiro atoms. The van der Waals surface area contributed by atoms with Crippen LogP contribution < -0.4 is 14.2 Å². The summed E-state index contributed by atoms with van der Waals surface area (Å²) in [5, 5.41) is 5.85. The predicted octanol–water partition coefficient (Wildman–Crippen LogP) is 28.0. The fraction of sp³-hybridized carbons (Fsp3) is 0.600. The van der Waals surface area contributed by atoms with Gasteiger partial charge in [0.15, 0.2) is 0 Å². The van der Waals surface area contributed by atoms with Gasteiger partial charge in [-0.1, -0.05) is 267 Å². The van der Waals surface area contributed by atoms with E-state index in [2.05, 4.69) is 309 Å². The van der Waals surface area contributed by atoms with Crippen LogP contribution in [0.15, 0.2) is 79.8 Å². The van der Waals surface area contributed by atoms with Gasteiger partial charge in [0.25, 0.3) is 0 Å². The van der Waals surface area contributed by atoms with Gasteiger partial charge < -0.3 is 39.4 Å². The largest absolute Gasteiger partial charge is 0.491 e. The molecule has 13 heteroatoms. The molecule has 0 N–H and O–H groups in total.